The summed E-state index contributed by atoms with van der Waals surface area (Å²) in [6.07, 6.45) is 0.442. The molecule has 150 valence electrons. The number of amides is 2. The Morgan fingerprint density at radius 3 is 2.25 bits per heavy atom. The zero-order chi connectivity index (χ0) is 20.7. The molecule has 0 aliphatic carbocycles. The van der Waals surface area contributed by atoms with E-state index in [1.807, 2.05) is 26.0 Å². The van der Waals surface area contributed by atoms with Crippen molar-refractivity contribution in [3.05, 3.63) is 63.6 Å². The third kappa shape index (κ3) is 5.63. The molecule has 0 saturated heterocycles. The van der Waals surface area contributed by atoms with Crippen LogP contribution in [0.2, 0.25) is 10.0 Å². The van der Waals surface area contributed by atoms with E-state index in [1.54, 1.807) is 37.4 Å². The zero-order valence-corrected chi connectivity index (χ0v) is 17.7. The number of ether oxygens (including phenoxy) is 1. The summed E-state index contributed by atoms with van der Waals surface area (Å²) >= 11 is 12.5. The van der Waals surface area contributed by atoms with Crippen molar-refractivity contribution in [3.8, 4) is 5.75 Å². The maximum Gasteiger partial charge on any atom is 0.261 e. The van der Waals surface area contributed by atoms with E-state index in [2.05, 4.69) is 5.32 Å². The summed E-state index contributed by atoms with van der Waals surface area (Å²) in [5.41, 5.74) is 1.69. The first kappa shape index (κ1) is 22.1. The Kier molecular flexibility index (Phi) is 8.15. The second-order valence-electron chi connectivity index (χ2n) is 6.36. The fraction of sp³-hybridized carbons (Fsp3) is 0.333. The van der Waals surface area contributed by atoms with Gasteiger partial charge in [0.1, 0.15) is 11.8 Å². The van der Waals surface area contributed by atoms with Crippen molar-refractivity contribution < 1.29 is 14.3 Å². The van der Waals surface area contributed by atoms with Crippen LogP contribution in [0.1, 0.15) is 24.5 Å². The summed E-state index contributed by atoms with van der Waals surface area (Å²) in [6.45, 7) is 3.73. The van der Waals surface area contributed by atoms with Gasteiger partial charge in [-0.2, -0.15) is 0 Å². The fourth-order valence-corrected chi connectivity index (χ4v) is 3.32. The van der Waals surface area contributed by atoms with Crippen molar-refractivity contribution in [2.45, 2.75) is 32.9 Å². The second-order valence-corrected chi connectivity index (χ2v) is 7.18. The van der Waals surface area contributed by atoms with Gasteiger partial charge in [0.15, 0.2) is 6.61 Å². The minimum absolute atomic E-state index is 0.112. The molecule has 2 rings (SSSR count). The summed E-state index contributed by atoms with van der Waals surface area (Å²) in [5.74, 6) is 0.00374. The van der Waals surface area contributed by atoms with Crippen molar-refractivity contribution in [1.82, 2.24) is 10.2 Å². The predicted molar refractivity (Wildman–Crippen MR) is 112 cm³/mol. The molecule has 5 nitrogen and oxygen atoms in total. The maximum absolute atomic E-state index is 13.0. The standard InChI is InChI=1S/C21H24Cl2N2O3/c1-4-19(21(27)24-3)25(12-16-17(22)6-5-7-18(16)23)20(26)13-28-15-10-8-14(2)9-11-15/h5-11,19H,4,12-13H2,1-3H3,(H,24,27)/t19-/m0/s1. The van der Waals surface area contributed by atoms with E-state index in [-0.39, 0.29) is 25.0 Å². The quantitative estimate of drug-likeness (QED) is 0.691. The van der Waals surface area contributed by atoms with Crippen LogP contribution in [-0.4, -0.2) is 36.4 Å². The zero-order valence-electron chi connectivity index (χ0n) is 16.2. The topological polar surface area (TPSA) is 58.6 Å². The van der Waals surface area contributed by atoms with Gasteiger partial charge in [0.2, 0.25) is 5.91 Å². The van der Waals surface area contributed by atoms with Gasteiger partial charge in [0.05, 0.1) is 0 Å². The molecule has 0 bridgehead atoms. The van der Waals surface area contributed by atoms with Gasteiger partial charge in [-0.15, -0.1) is 0 Å². The molecule has 0 saturated carbocycles. The molecule has 0 heterocycles. The number of halogens is 2. The molecule has 0 aromatic heterocycles. The lowest BCUT2D eigenvalue weighted by atomic mass is 10.1. The van der Waals surface area contributed by atoms with Gasteiger partial charge < -0.3 is 15.0 Å². The van der Waals surface area contributed by atoms with Crippen LogP contribution in [0.4, 0.5) is 0 Å². The van der Waals surface area contributed by atoms with Gasteiger partial charge in [-0.25, -0.2) is 0 Å². The Hall–Kier alpha value is -2.24. The summed E-state index contributed by atoms with van der Waals surface area (Å²) in [7, 11) is 1.54. The molecule has 2 aromatic rings. The minimum atomic E-state index is -0.661. The Bertz CT molecular complexity index is 805. The second kappa shape index (κ2) is 10.3. The summed E-state index contributed by atoms with van der Waals surface area (Å²) in [6, 6.07) is 11.9. The summed E-state index contributed by atoms with van der Waals surface area (Å²) < 4.78 is 5.62. The molecule has 0 fully saturated rings. The first-order chi connectivity index (χ1) is 13.4. The van der Waals surface area contributed by atoms with Crippen LogP contribution >= 0.6 is 23.2 Å². The van der Waals surface area contributed by atoms with Crippen LogP contribution in [0.3, 0.4) is 0 Å². The van der Waals surface area contributed by atoms with Gasteiger partial charge in [0.25, 0.3) is 5.91 Å². The highest BCUT2D eigenvalue weighted by molar-refractivity contribution is 6.36. The highest BCUT2D eigenvalue weighted by Crippen LogP contribution is 2.27. The average molecular weight is 423 g/mol. The van der Waals surface area contributed by atoms with E-state index < -0.39 is 6.04 Å². The minimum Gasteiger partial charge on any atom is -0.484 e. The maximum atomic E-state index is 13.0. The molecular weight excluding hydrogens is 399 g/mol. The number of aryl methyl sites for hydroxylation is 1. The molecule has 2 amide bonds. The normalized spacial score (nSPS) is 11.6. The highest BCUT2D eigenvalue weighted by Gasteiger charge is 2.29. The van der Waals surface area contributed by atoms with E-state index in [1.165, 1.54) is 4.90 Å². The van der Waals surface area contributed by atoms with Gasteiger partial charge in [0, 0.05) is 29.2 Å². The third-order valence-corrected chi connectivity index (χ3v) is 5.11. The number of benzene rings is 2. The Labute approximate surface area is 175 Å². The first-order valence-corrected chi connectivity index (χ1v) is 9.76. The Morgan fingerprint density at radius 1 is 1.11 bits per heavy atom. The van der Waals surface area contributed by atoms with Gasteiger partial charge >= 0.3 is 0 Å². The number of nitrogens with one attached hydrogen (secondary N) is 1. The molecule has 0 radical (unpaired) electrons. The van der Waals surface area contributed by atoms with Crippen LogP contribution in [0.15, 0.2) is 42.5 Å². The lowest BCUT2D eigenvalue weighted by molar-refractivity contribution is -0.142. The number of nitrogens with zero attached hydrogens (tertiary/aromatic N) is 1. The van der Waals surface area contributed by atoms with E-state index >= 15 is 0 Å². The molecule has 0 aliphatic rings. The molecule has 1 N–H and O–H groups in total. The van der Waals surface area contributed by atoms with Gasteiger partial charge in [-0.3, -0.25) is 9.59 Å². The summed E-state index contributed by atoms with van der Waals surface area (Å²) in [4.78, 5) is 26.8. The molecule has 1 atom stereocenters. The van der Waals surface area contributed by atoms with E-state index in [4.69, 9.17) is 27.9 Å². The monoisotopic (exact) mass is 422 g/mol. The number of carbonyl (C=O) groups is 2. The molecule has 28 heavy (non-hydrogen) atoms. The fourth-order valence-electron chi connectivity index (χ4n) is 2.80. The molecule has 7 heteroatoms. The van der Waals surface area contributed by atoms with Crippen molar-refractivity contribution >= 4 is 35.0 Å². The van der Waals surface area contributed by atoms with Crippen molar-refractivity contribution in [2.24, 2.45) is 0 Å². The largest absolute Gasteiger partial charge is 0.484 e. The molecule has 0 unspecified atom stereocenters. The lowest BCUT2D eigenvalue weighted by Gasteiger charge is -2.30. The molecule has 0 aliphatic heterocycles. The highest BCUT2D eigenvalue weighted by atomic mass is 35.5. The van der Waals surface area contributed by atoms with Crippen molar-refractivity contribution in [2.75, 3.05) is 13.7 Å². The Morgan fingerprint density at radius 2 is 1.71 bits per heavy atom. The number of carbonyl (C=O) groups excluding carboxylic acids is 2. The summed E-state index contributed by atoms with van der Waals surface area (Å²) in [5, 5.41) is 3.49. The van der Waals surface area contributed by atoms with Crippen LogP contribution in [-0.2, 0) is 16.1 Å². The molecular formula is C21H24Cl2N2O3. The van der Waals surface area contributed by atoms with Crippen LogP contribution in [0, 0.1) is 6.92 Å². The third-order valence-electron chi connectivity index (χ3n) is 4.41. The van der Waals surface area contributed by atoms with Gasteiger partial charge in [-0.05, 0) is 37.6 Å². The van der Waals surface area contributed by atoms with E-state index in [0.29, 0.717) is 27.8 Å². The lowest BCUT2D eigenvalue weighted by Crippen LogP contribution is -2.49. The molecule has 0 spiro atoms. The van der Waals surface area contributed by atoms with Crippen LogP contribution in [0.25, 0.3) is 0 Å². The Balaban J connectivity index is 2.24. The average Bonchev–Trinajstić information content (AvgIpc) is 2.69. The molecule has 2 aromatic carbocycles. The number of hydrogen-bond acceptors (Lipinski definition) is 3. The number of rotatable bonds is 8. The van der Waals surface area contributed by atoms with E-state index in [9.17, 15) is 9.59 Å². The number of likely N-dealkylation sites (N-methyl/N-ethyl adjacent to an activating group) is 1. The smallest absolute Gasteiger partial charge is 0.261 e. The van der Waals surface area contributed by atoms with Crippen molar-refractivity contribution in [3.63, 3.8) is 0 Å². The number of hydrogen-bond donors (Lipinski definition) is 1. The first-order valence-electron chi connectivity index (χ1n) is 9.00. The predicted octanol–water partition coefficient (Wildman–Crippen LogP) is 4.23. The van der Waals surface area contributed by atoms with Gasteiger partial charge in [-0.1, -0.05) is 53.9 Å². The van der Waals surface area contributed by atoms with Crippen LogP contribution in [0.5, 0.6) is 5.75 Å². The van der Waals surface area contributed by atoms with Crippen LogP contribution < -0.4 is 10.1 Å². The van der Waals surface area contributed by atoms with Crippen molar-refractivity contribution in [1.29, 1.82) is 0 Å². The SMILES string of the molecule is CC[C@@H](C(=O)NC)N(Cc1c(Cl)cccc1Cl)C(=O)COc1ccc(C)cc1. The van der Waals surface area contributed by atoms with E-state index in [0.717, 1.165) is 5.56 Å².